The molecule has 0 unspecified atom stereocenters. The molecule has 0 N–H and O–H groups in total. The number of pyridine rings is 2. The third kappa shape index (κ3) is 5.10. The first kappa shape index (κ1) is 23.2. The minimum atomic E-state index is 0.00748. The van der Waals surface area contributed by atoms with Gasteiger partial charge in [-0.15, -0.1) is 0 Å². The summed E-state index contributed by atoms with van der Waals surface area (Å²) in [6, 6.07) is 18.1. The Balaban J connectivity index is 1.50. The number of carbonyl (C=O) groups is 1. The smallest absolute Gasteiger partial charge is 0.254 e. The second-order valence-electron chi connectivity index (χ2n) is 9.13. The van der Waals surface area contributed by atoms with Crippen molar-refractivity contribution in [3.8, 4) is 5.82 Å². The number of fused-ring (bicyclic) bond motifs is 1. The highest BCUT2D eigenvalue weighted by atomic mass is 16.5. The zero-order valence-corrected chi connectivity index (χ0v) is 20.4. The Kier molecular flexibility index (Phi) is 6.86. The molecule has 1 aromatic carbocycles. The van der Waals surface area contributed by atoms with Gasteiger partial charge < -0.3 is 9.64 Å². The number of rotatable bonds is 10. The van der Waals surface area contributed by atoms with E-state index >= 15 is 0 Å². The normalized spacial score (nSPS) is 13.3. The van der Waals surface area contributed by atoms with Crippen LogP contribution in [0.5, 0.6) is 0 Å². The SMILES string of the molecule is COCCN(CCCc1ccccc1)C(=O)c1cc(C2CC2)nc2c1c(C)nn2-c1ccccn1. The van der Waals surface area contributed by atoms with Crippen LogP contribution >= 0.6 is 0 Å². The molecular weight excluding hydrogens is 438 g/mol. The van der Waals surface area contributed by atoms with Gasteiger partial charge in [-0.2, -0.15) is 9.78 Å². The standard InChI is InChI=1S/C28H31N5O2/c1-20-26-23(28(34)32(17-18-35-2)16-8-11-21-9-4-3-5-10-21)19-24(22-13-14-22)30-27(26)33(31-20)25-12-6-7-15-29-25/h3-7,9-10,12,15,19,22H,8,11,13-14,16-18H2,1-2H3. The minimum absolute atomic E-state index is 0.00748. The first-order chi connectivity index (χ1) is 17.2. The third-order valence-corrected chi connectivity index (χ3v) is 6.51. The van der Waals surface area contributed by atoms with Crippen LogP contribution < -0.4 is 0 Å². The summed E-state index contributed by atoms with van der Waals surface area (Å²) in [5.41, 5.74) is 4.40. The van der Waals surface area contributed by atoms with E-state index in [2.05, 4.69) is 29.2 Å². The van der Waals surface area contributed by atoms with Crippen molar-refractivity contribution in [1.29, 1.82) is 0 Å². The largest absolute Gasteiger partial charge is 0.383 e. The van der Waals surface area contributed by atoms with E-state index in [0.29, 0.717) is 42.6 Å². The van der Waals surface area contributed by atoms with E-state index in [0.717, 1.165) is 42.5 Å². The summed E-state index contributed by atoms with van der Waals surface area (Å²) in [6.07, 6.45) is 5.76. The van der Waals surface area contributed by atoms with Crippen molar-refractivity contribution < 1.29 is 9.53 Å². The first-order valence-corrected chi connectivity index (χ1v) is 12.3. The molecule has 1 fully saturated rings. The van der Waals surface area contributed by atoms with E-state index in [4.69, 9.17) is 14.8 Å². The summed E-state index contributed by atoms with van der Waals surface area (Å²) in [7, 11) is 1.67. The molecular formula is C28H31N5O2. The van der Waals surface area contributed by atoms with Gasteiger partial charge in [-0.05, 0) is 56.4 Å². The van der Waals surface area contributed by atoms with Gasteiger partial charge in [0.05, 0.1) is 23.3 Å². The van der Waals surface area contributed by atoms with Gasteiger partial charge in [0, 0.05) is 38.0 Å². The topological polar surface area (TPSA) is 73.1 Å². The number of benzene rings is 1. The van der Waals surface area contributed by atoms with Crippen LogP contribution in [-0.2, 0) is 11.2 Å². The van der Waals surface area contributed by atoms with Gasteiger partial charge in [0.25, 0.3) is 5.91 Å². The summed E-state index contributed by atoms with van der Waals surface area (Å²) in [4.78, 5) is 25.3. The lowest BCUT2D eigenvalue weighted by Crippen LogP contribution is -2.35. The number of hydrogen-bond acceptors (Lipinski definition) is 5. The fraction of sp³-hybridized carbons (Fsp3) is 0.357. The Bertz CT molecular complexity index is 1300. The maximum atomic E-state index is 14.0. The van der Waals surface area contributed by atoms with Crippen LogP contribution in [0.4, 0.5) is 0 Å². The Hall–Kier alpha value is -3.58. The Labute approximate surface area is 205 Å². The Morgan fingerprint density at radius 1 is 1.11 bits per heavy atom. The van der Waals surface area contributed by atoms with E-state index in [1.54, 1.807) is 18.0 Å². The molecule has 180 valence electrons. The van der Waals surface area contributed by atoms with E-state index in [1.165, 1.54) is 5.56 Å². The second-order valence-corrected chi connectivity index (χ2v) is 9.13. The van der Waals surface area contributed by atoms with Crippen molar-refractivity contribution in [2.75, 3.05) is 26.8 Å². The molecule has 4 aromatic rings. The van der Waals surface area contributed by atoms with Gasteiger partial charge in [-0.25, -0.2) is 9.97 Å². The average molecular weight is 470 g/mol. The maximum Gasteiger partial charge on any atom is 0.254 e. The zero-order chi connectivity index (χ0) is 24.2. The summed E-state index contributed by atoms with van der Waals surface area (Å²) in [5.74, 6) is 1.11. The quantitative estimate of drug-likeness (QED) is 0.336. The molecule has 1 aliphatic carbocycles. The molecule has 1 aliphatic rings. The molecule has 0 bridgehead atoms. The fourth-order valence-electron chi connectivity index (χ4n) is 4.51. The average Bonchev–Trinajstić information content (AvgIpc) is 3.70. The maximum absolute atomic E-state index is 14.0. The summed E-state index contributed by atoms with van der Waals surface area (Å²) >= 11 is 0. The monoisotopic (exact) mass is 469 g/mol. The van der Waals surface area contributed by atoms with Gasteiger partial charge >= 0.3 is 0 Å². The van der Waals surface area contributed by atoms with Gasteiger partial charge in [0.1, 0.15) is 0 Å². The Morgan fingerprint density at radius 2 is 1.91 bits per heavy atom. The molecule has 3 heterocycles. The highest BCUT2D eigenvalue weighted by Crippen LogP contribution is 2.41. The highest BCUT2D eigenvalue weighted by Gasteiger charge is 2.30. The molecule has 35 heavy (non-hydrogen) atoms. The highest BCUT2D eigenvalue weighted by molar-refractivity contribution is 6.06. The van der Waals surface area contributed by atoms with Crippen LogP contribution in [0.1, 0.15) is 52.5 Å². The van der Waals surface area contributed by atoms with E-state index < -0.39 is 0 Å². The van der Waals surface area contributed by atoms with Gasteiger partial charge in [-0.1, -0.05) is 36.4 Å². The molecule has 0 saturated heterocycles. The number of carbonyl (C=O) groups excluding carboxylic acids is 1. The zero-order valence-electron chi connectivity index (χ0n) is 20.4. The van der Waals surface area contributed by atoms with Crippen LogP contribution in [0.3, 0.4) is 0 Å². The number of methoxy groups -OCH3 is 1. The minimum Gasteiger partial charge on any atom is -0.383 e. The first-order valence-electron chi connectivity index (χ1n) is 12.3. The molecule has 0 atom stereocenters. The van der Waals surface area contributed by atoms with Crippen LogP contribution in [0, 0.1) is 6.92 Å². The van der Waals surface area contributed by atoms with Crippen LogP contribution in [-0.4, -0.2) is 57.4 Å². The lowest BCUT2D eigenvalue weighted by molar-refractivity contribution is 0.0695. The molecule has 0 aliphatic heterocycles. The number of aromatic nitrogens is 4. The van der Waals surface area contributed by atoms with E-state index in [-0.39, 0.29) is 5.91 Å². The van der Waals surface area contributed by atoms with Crippen molar-refractivity contribution in [2.24, 2.45) is 0 Å². The number of nitrogens with zero attached hydrogens (tertiary/aromatic N) is 5. The van der Waals surface area contributed by atoms with E-state index in [9.17, 15) is 4.79 Å². The lowest BCUT2D eigenvalue weighted by atomic mass is 10.1. The number of ether oxygens (including phenoxy) is 1. The van der Waals surface area contributed by atoms with Crippen molar-refractivity contribution in [3.05, 3.63) is 83.3 Å². The number of hydrogen-bond donors (Lipinski definition) is 0. The van der Waals surface area contributed by atoms with Gasteiger partial charge in [0.15, 0.2) is 11.5 Å². The number of aryl methyl sites for hydroxylation is 2. The number of amides is 1. The predicted molar refractivity (Wildman–Crippen MR) is 136 cm³/mol. The van der Waals surface area contributed by atoms with Crippen LogP contribution in [0.25, 0.3) is 16.9 Å². The lowest BCUT2D eigenvalue weighted by Gasteiger charge is -2.23. The molecule has 3 aromatic heterocycles. The molecule has 1 saturated carbocycles. The molecule has 0 spiro atoms. The molecule has 5 rings (SSSR count). The van der Waals surface area contributed by atoms with Crippen LogP contribution in [0.15, 0.2) is 60.8 Å². The van der Waals surface area contributed by atoms with Crippen LogP contribution in [0.2, 0.25) is 0 Å². The van der Waals surface area contributed by atoms with Crippen molar-refractivity contribution in [2.45, 2.75) is 38.5 Å². The van der Waals surface area contributed by atoms with Crippen molar-refractivity contribution in [3.63, 3.8) is 0 Å². The summed E-state index contributed by atoms with van der Waals surface area (Å²) in [5, 5.41) is 5.54. The van der Waals surface area contributed by atoms with Crippen molar-refractivity contribution >= 4 is 16.9 Å². The molecule has 7 heteroatoms. The summed E-state index contributed by atoms with van der Waals surface area (Å²) in [6.45, 7) is 3.63. The molecule has 1 amide bonds. The summed E-state index contributed by atoms with van der Waals surface area (Å²) < 4.78 is 7.10. The van der Waals surface area contributed by atoms with Gasteiger partial charge in [-0.3, -0.25) is 4.79 Å². The fourth-order valence-corrected chi connectivity index (χ4v) is 4.51. The molecule has 0 radical (unpaired) electrons. The second kappa shape index (κ2) is 10.4. The predicted octanol–water partition coefficient (Wildman–Crippen LogP) is 4.72. The van der Waals surface area contributed by atoms with Crippen molar-refractivity contribution in [1.82, 2.24) is 24.6 Å². The van der Waals surface area contributed by atoms with Gasteiger partial charge in [0.2, 0.25) is 0 Å². The Morgan fingerprint density at radius 3 is 2.63 bits per heavy atom. The molecule has 7 nitrogen and oxygen atoms in total. The third-order valence-electron chi connectivity index (χ3n) is 6.51. The van der Waals surface area contributed by atoms with E-state index in [1.807, 2.05) is 42.2 Å².